The maximum Gasteiger partial charge on any atom is 0.251 e. The van der Waals surface area contributed by atoms with Gasteiger partial charge in [0, 0.05) is 33.7 Å². The highest BCUT2D eigenvalue weighted by Crippen LogP contribution is 2.20. The number of H-pyrrole nitrogens is 1. The Balaban J connectivity index is 1.66. The molecular formula is C18H17BrN2O. The van der Waals surface area contributed by atoms with E-state index in [2.05, 4.69) is 38.4 Å². The molecule has 3 rings (SSSR count). The molecule has 1 heterocycles. The van der Waals surface area contributed by atoms with Crippen LogP contribution in [0.15, 0.2) is 53.1 Å². The smallest absolute Gasteiger partial charge is 0.251 e. The molecule has 0 atom stereocenters. The number of carbonyl (C=O) groups excluding carboxylic acids is 1. The molecule has 0 aliphatic carbocycles. The van der Waals surface area contributed by atoms with Gasteiger partial charge in [0.05, 0.1) is 0 Å². The van der Waals surface area contributed by atoms with Crippen LogP contribution in [0.3, 0.4) is 0 Å². The van der Waals surface area contributed by atoms with Gasteiger partial charge >= 0.3 is 0 Å². The fourth-order valence-electron chi connectivity index (χ4n) is 2.60. The molecule has 4 heteroatoms. The van der Waals surface area contributed by atoms with Crippen molar-refractivity contribution in [1.82, 2.24) is 10.3 Å². The van der Waals surface area contributed by atoms with Gasteiger partial charge in [0.25, 0.3) is 5.91 Å². The zero-order chi connectivity index (χ0) is 15.5. The highest BCUT2D eigenvalue weighted by Gasteiger charge is 2.10. The second-order valence-corrected chi connectivity index (χ2v) is 6.13. The van der Waals surface area contributed by atoms with Crippen LogP contribution in [0.2, 0.25) is 0 Å². The molecule has 0 radical (unpaired) electrons. The summed E-state index contributed by atoms with van der Waals surface area (Å²) in [6.07, 6.45) is 2.82. The summed E-state index contributed by atoms with van der Waals surface area (Å²) < 4.78 is 0.955. The Morgan fingerprint density at radius 2 is 2.00 bits per heavy atom. The van der Waals surface area contributed by atoms with Crippen molar-refractivity contribution in [2.24, 2.45) is 0 Å². The number of halogens is 1. The number of carbonyl (C=O) groups is 1. The highest BCUT2D eigenvalue weighted by molar-refractivity contribution is 9.10. The summed E-state index contributed by atoms with van der Waals surface area (Å²) in [7, 11) is 0. The number of benzene rings is 2. The van der Waals surface area contributed by atoms with Crippen LogP contribution in [0.1, 0.15) is 21.5 Å². The van der Waals surface area contributed by atoms with E-state index in [1.807, 2.05) is 43.5 Å². The molecule has 112 valence electrons. The van der Waals surface area contributed by atoms with E-state index in [0.29, 0.717) is 12.1 Å². The van der Waals surface area contributed by atoms with E-state index in [-0.39, 0.29) is 5.91 Å². The Morgan fingerprint density at radius 1 is 1.18 bits per heavy atom. The Bertz CT molecular complexity index is 823. The Hall–Kier alpha value is -2.07. The van der Waals surface area contributed by atoms with Gasteiger partial charge in [-0.3, -0.25) is 4.79 Å². The van der Waals surface area contributed by atoms with Crippen molar-refractivity contribution >= 4 is 32.7 Å². The molecule has 0 spiro atoms. The van der Waals surface area contributed by atoms with Gasteiger partial charge < -0.3 is 10.3 Å². The number of fused-ring (bicyclic) bond motifs is 1. The van der Waals surface area contributed by atoms with Gasteiger partial charge in [-0.2, -0.15) is 0 Å². The van der Waals surface area contributed by atoms with Crippen molar-refractivity contribution in [2.45, 2.75) is 13.3 Å². The van der Waals surface area contributed by atoms with E-state index in [1.165, 1.54) is 10.9 Å². The van der Waals surface area contributed by atoms with Gasteiger partial charge in [-0.05, 0) is 42.7 Å². The lowest BCUT2D eigenvalue weighted by atomic mass is 10.1. The number of hydrogen-bond acceptors (Lipinski definition) is 1. The van der Waals surface area contributed by atoms with Crippen LogP contribution in [0.4, 0.5) is 0 Å². The number of para-hydroxylation sites is 1. The van der Waals surface area contributed by atoms with Gasteiger partial charge in [0.15, 0.2) is 0 Å². The fourth-order valence-corrected chi connectivity index (χ4v) is 2.96. The molecule has 3 aromatic rings. The van der Waals surface area contributed by atoms with Gasteiger partial charge in [0.1, 0.15) is 0 Å². The molecule has 2 aromatic carbocycles. The standard InChI is InChI=1S/C18H17BrN2O/c1-12-14(6-4-7-16(12)19)18(22)20-10-9-13-11-21-17-8-3-2-5-15(13)17/h2-8,11,21H,9-10H2,1H3,(H,20,22). The van der Waals surface area contributed by atoms with Gasteiger partial charge in [0.2, 0.25) is 0 Å². The van der Waals surface area contributed by atoms with Gasteiger partial charge in [-0.15, -0.1) is 0 Å². The fraction of sp³-hybridized carbons (Fsp3) is 0.167. The maximum atomic E-state index is 12.3. The summed E-state index contributed by atoms with van der Waals surface area (Å²) >= 11 is 3.46. The number of rotatable bonds is 4. The van der Waals surface area contributed by atoms with E-state index in [1.54, 1.807) is 0 Å². The monoisotopic (exact) mass is 356 g/mol. The van der Waals surface area contributed by atoms with Crippen molar-refractivity contribution in [1.29, 1.82) is 0 Å². The van der Waals surface area contributed by atoms with Crippen LogP contribution in [-0.2, 0) is 6.42 Å². The second kappa shape index (κ2) is 6.36. The van der Waals surface area contributed by atoms with Crippen LogP contribution in [0.25, 0.3) is 10.9 Å². The van der Waals surface area contributed by atoms with E-state index in [4.69, 9.17) is 0 Å². The number of aromatic nitrogens is 1. The van der Waals surface area contributed by atoms with E-state index < -0.39 is 0 Å². The molecule has 0 unspecified atom stereocenters. The summed E-state index contributed by atoms with van der Waals surface area (Å²) in [6.45, 7) is 2.56. The minimum absolute atomic E-state index is 0.0290. The minimum Gasteiger partial charge on any atom is -0.361 e. The molecule has 0 aliphatic rings. The number of nitrogens with one attached hydrogen (secondary N) is 2. The molecule has 1 aromatic heterocycles. The Morgan fingerprint density at radius 3 is 2.86 bits per heavy atom. The molecule has 1 amide bonds. The predicted octanol–water partition coefficient (Wildman–Crippen LogP) is 4.21. The first-order chi connectivity index (χ1) is 10.7. The van der Waals surface area contributed by atoms with Crippen LogP contribution in [-0.4, -0.2) is 17.4 Å². The van der Waals surface area contributed by atoms with E-state index in [9.17, 15) is 4.79 Å². The zero-order valence-corrected chi connectivity index (χ0v) is 13.9. The molecular weight excluding hydrogens is 340 g/mol. The molecule has 0 bridgehead atoms. The first-order valence-corrected chi connectivity index (χ1v) is 8.04. The largest absolute Gasteiger partial charge is 0.361 e. The van der Waals surface area contributed by atoms with Crippen molar-refractivity contribution in [3.63, 3.8) is 0 Å². The number of hydrogen-bond donors (Lipinski definition) is 2. The average Bonchev–Trinajstić information content (AvgIpc) is 2.93. The van der Waals surface area contributed by atoms with Gasteiger partial charge in [-0.1, -0.05) is 40.2 Å². The van der Waals surface area contributed by atoms with E-state index in [0.717, 1.165) is 22.0 Å². The summed E-state index contributed by atoms with van der Waals surface area (Å²) in [5.74, 6) is -0.0290. The number of aromatic amines is 1. The molecule has 0 saturated carbocycles. The summed E-state index contributed by atoms with van der Waals surface area (Å²) in [5.41, 5.74) is 4.04. The van der Waals surface area contributed by atoms with Crippen molar-refractivity contribution in [3.8, 4) is 0 Å². The SMILES string of the molecule is Cc1c(Br)cccc1C(=O)NCCc1c[nH]c2ccccc12. The van der Waals surface area contributed by atoms with Crippen LogP contribution in [0.5, 0.6) is 0 Å². The third-order valence-electron chi connectivity index (χ3n) is 3.87. The molecule has 0 aliphatic heterocycles. The molecule has 22 heavy (non-hydrogen) atoms. The molecule has 0 fully saturated rings. The number of amides is 1. The second-order valence-electron chi connectivity index (χ2n) is 5.28. The maximum absolute atomic E-state index is 12.3. The summed E-state index contributed by atoms with van der Waals surface area (Å²) in [6, 6.07) is 13.9. The average molecular weight is 357 g/mol. The quantitative estimate of drug-likeness (QED) is 0.722. The van der Waals surface area contributed by atoms with E-state index >= 15 is 0 Å². The first-order valence-electron chi connectivity index (χ1n) is 7.25. The molecule has 3 nitrogen and oxygen atoms in total. The van der Waals surface area contributed by atoms with Gasteiger partial charge in [-0.25, -0.2) is 0 Å². The lowest BCUT2D eigenvalue weighted by molar-refractivity contribution is 0.0953. The van der Waals surface area contributed by atoms with Crippen molar-refractivity contribution in [3.05, 3.63) is 69.8 Å². The highest BCUT2D eigenvalue weighted by atomic mass is 79.9. The first kappa shape index (κ1) is 14.9. The Labute approximate surface area is 137 Å². The van der Waals surface area contributed by atoms with Crippen LogP contribution in [0, 0.1) is 6.92 Å². The third kappa shape index (κ3) is 2.92. The zero-order valence-electron chi connectivity index (χ0n) is 12.3. The lowest BCUT2D eigenvalue weighted by Gasteiger charge is -2.08. The molecule has 2 N–H and O–H groups in total. The van der Waals surface area contributed by atoms with Crippen LogP contribution >= 0.6 is 15.9 Å². The topological polar surface area (TPSA) is 44.9 Å². The third-order valence-corrected chi connectivity index (χ3v) is 4.73. The van der Waals surface area contributed by atoms with Crippen molar-refractivity contribution < 1.29 is 4.79 Å². The predicted molar refractivity (Wildman–Crippen MR) is 93.2 cm³/mol. The Kier molecular flexibility index (Phi) is 4.29. The summed E-state index contributed by atoms with van der Waals surface area (Å²) in [5, 5.41) is 4.21. The molecule has 0 saturated heterocycles. The van der Waals surface area contributed by atoms with Crippen LogP contribution < -0.4 is 5.32 Å². The summed E-state index contributed by atoms with van der Waals surface area (Å²) in [4.78, 5) is 15.5. The lowest BCUT2D eigenvalue weighted by Crippen LogP contribution is -2.26. The van der Waals surface area contributed by atoms with Crippen molar-refractivity contribution in [2.75, 3.05) is 6.54 Å². The minimum atomic E-state index is -0.0290. The normalized spacial score (nSPS) is 10.8.